The lowest BCUT2D eigenvalue weighted by Gasteiger charge is -2.34. The number of nitrogens with zero attached hydrogens (tertiary/aromatic N) is 1. The molecular weight excluding hydrogens is 242 g/mol. The minimum absolute atomic E-state index is 0.0836. The van der Waals surface area contributed by atoms with Crippen LogP contribution in [0.1, 0.15) is 59.8 Å². The molecule has 1 heterocycles. The first-order valence-electron chi connectivity index (χ1n) is 7.31. The van der Waals surface area contributed by atoms with E-state index in [1.54, 1.807) is 11.8 Å². The number of rotatable bonds is 1. The van der Waals surface area contributed by atoms with Gasteiger partial charge >= 0.3 is 6.09 Å². The van der Waals surface area contributed by atoms with E-state index in [1.807, 2.05) is 20.8 Å². The van der Waals surface area contributed by atoms with Crippen molar-refractivity contribution in [2.75, 3.05) is 0 Å². The maximum absolute atomic E-state index is 12.4. The van der Waals surface area contributed by atoms with Crippen LogP contribution in [0.5, 0.6) is 0 Å². The molecule has 19 heavy (non-hydrogen) atoms. The number of ketones is 1. The second kappa shape index (κ2) is 5.14. The van der Waals surface area contributed by atoms with Crippen molar-refractivity contribution < 1.29 is 14.3 Å². The van der Waals surface area contributed by atoms with Crippen LogP contribution < -0.4 is 0 Å². The van der Waals surface area contributed by atoms with Crippen molar-refractivity contribution in [1.29, 1.82) is 0 Å². The van der Waals surface area contributed by atoms with Crippen LogP contribution in [0.25, 0.3) is 0 Å². The molecule has 108 valence electrons. The quantitative estimate of drug-likeness (QED) is 0.733. The van der Waals surface area contributed by atoms with Gasteiger partial charge in [0, 0.05) is 6.04 Å². The molecule has 1 aliphatic heterocycles. The van der Waals surface area contributed by atoms with E-state index in [0.717, 1.165) is 25.7 Å². The number of hydrogen-bond acceptors (Lipinski definition) is 3. The summed E-state index contributed by atoms with van der Waals surface area (Å²) in [6.07, 6.45) is 5.00. The first kappa shape index (κ1) is 14.4. The topological polar surface area (TPSA) is 46.6 Å². The van der Waals surface area contributed by atoms with Crippen molar-refractivity contribution in [2.45, 2.75) is 77.5 Å². The Hall–Kier alpha value is -1.06. The van der Waals surface area contributed by atoms with Gasteiger partial charge in [-0.15, -0.1) is 0 Å². The van der Waals surface area contributed by atoms with E-state index in [2.05, 4.69) is 0 Å². The zero-order valence-corrected chi connectivity index (χ0v) is 12.4. The minimum atomic E-state index is -0.509. The lowest BCUT2D eigenvalue weighted by molar-refractivity contribution is -0.121. The van der Waals surface area contributed by atoms with Gasteiger partial charge in [-0.3, -0.25) is 9.69 Å². The maximum Gasteiger partial charge on any atom is 0.411 e. The number of fused-ring (bicyclic) bond motifs is 1. The minimum Gasteiger partial charge on any atom is -0.444 e. The molecule has 0 aromatic rings. The molecule has 0 bridgehead atoms. The Labute approximate surface area is 115 Å². The van der Waals surface area contributed by atoms with Crippen LogP contribution >= 0.6 is 0 Å². The van der Waals surface area contributed by atoms with Gasteiger partial charge < -0.3 is 4.74 Å². The lowest BCUT2D eigenvalue weighted by Crippen LogP contribution is -2.47. The van der Waals surface area contributed by atoms with Gasteiger partial charge in [0.2, 0.25) is 0 Å². The fourth-order valence-electron chi connectivity index (χ4n) is 3.40. The highest BCUT2D eigenvalue weighted by atomic mass is 16.6. The van der Waals surface area contributed by atoms with Crippen molar-refractivity contribution in [3.05, 3.63) is 0 Å². The molecule has 1 amide bonds. The van der Waals surface area contributed by atoms with Crippen molar-refractivity contribution in [1.82, 2.24) is 4.90 Å². The van der Waals surface area contributed by atoms with Crippen LogP contribution in [-0.4, -0.2) is 34.5 Å². The van der Waals surface area contributed by atoms with Crippen molar-refractivity contribution >= 4 is 11.9 Å². The predicted molar refractivity (Wildman–Crippen MR) is 72.9 cm³/mol. The van der Waals surface area contributed by atoms with Crippen molar-refractivity contribution in [3.8, 4) is 0 Å². The molecule has 1 saturated carbocycles. The molecule has 1 saturated heterocycles. The summed E-state index contributed by atoms with van der Waals surface area (Å²) < 4.78 is 5.49. The largest absolute Gasteiger partial charge is 0.444 e. The van der Waals surface area contributed by atoms with Gasteiger partial charge in [0.15, 0.2) is 5.78 Å². The fraction of sp³-hybridized carbons (Fsp3) is 0.867. The molecule has 0 spiro atoms. The number of ether oxygens (including phenoxy) is 1. The summed E-state index contributed by atoms with van der Waals surface area (Å²) >= 11 is 0. The average molecular weight is 267 g/mol. The number of Topliss-reactive ketones (excluding diaryl/α,β-unsaturated/α-hetero) is 1. The van der Waals surface area contributed by atoms with Crippen LogP contribution in [0, 0.1) is 5.92 Å². The molecule has 3 atom stereocenters. The Balaban J connectivity index is 2.17. The van der Waals surface area contributed by atoms with Gasteiger partial charge in [0.1, 0.15) is 5.60 Å². The highest BCUT2D eigenvalue weighted by Gasteiger charge is 2.47. The van der Waals surface area contributed by atoms with E-state index in [0.29, 0.717) is 5.92 Å². The van der Waals surface area contributed by atoms with Gasteiger partial charge in [-0.25, -0.2) is 4.79 Å². The van der Waals surface area contributed by atoms with Gasteiger partial charge in [0.05, 0.1) is 6.04 Å². The Bertz CT molecular complexity index is 372. The summed E-state index contributed by atoms with van der Waals surface area (Å²) in [6, 6.07) is -0.0690. The monoisotopic (exact) mass is 267 g/mol. The molecule has 4 heteroatoms. The van der Waals surface area contributed by atoms with Crippen LogP contribution in [0.4, 0.5) is 4.79 Å². The van der Waals surface area contributed by atoms with Crippen LogP contribution in [-0.2, 0) is 9.53 Å². The van der Waals surface area contributed by atoms with Crippen LogP contribution in [0.2, 0.25) is 0 Å². The second-order valence-corrected chi connectivity index (χ2v) is 6.86. The molecule has 0 radical (unpaired) electrons. The molecule has 0 N–H and O–H groups in total. The summed E-state index contributed by atoms with van der Waals surface area (Å²) in [5, 5.41) is 0. The smallest absolute Gasteiger partial charge is 0.411 e. The third-order valence-electron chi connectivity index (χ3n) is 4.16. The van der Waals surface area contributed by atoms with E-state index < -0.39 is 5.60 Å². The molecule has 0 aromatic heterocycles. The highest BCUT2D eigenvalue weighted by molar-refractivity contribution is 5.86. The van der Waals surface area contributed by atoms with Gasteiger partial charge in [-0.1, -0.05) is 12.8 Å². The standard InChI is InChI=1S/C15H25NO3/c1-10(17)13-9-11-7-5-6-8-12(11)16(13)14(18)19-15(2,3)4/h11-13H,5-9H2,1-4H3. The van der Waals surface area contributed by atoms with Crippen LogP contribution in [0.15, 0.2) is 0 Å². The highest BCUT2D eigenvalue weighted by Crippen LogP contribution is 2.40. The molecular formula is C15H25NO3. The summed E-state index contributed by atoms with van der Waals surface area (Å²) in [5.74, 6) is 0.565. The SMILES string of the molecule is CC(=O)C1CC2CCCCC2N1C(=O)OC(C)(C)C. The summed E-state index contributed by atoms with van der Waals surface area (Å²) in [7, 11) is 0. The van der Waals surface area contributed by atoms with E-state index in [9.17, 15) is 9.59 Å². The summed E-state index contributed by atoms with van der Waals surface area (Å²) in [5.41, 5.74) is -0.509. The van der Waals surface area contributed by atoms with E-state index >= 15 is 0 Å². The lowest BCUT2D eigenvalue weighted by atomic mass is 9.84. The van der Waals surface area contributed by atoms with E-state index in [1.165, 1.54) is 6.42 Å². The van der Waals surface area contributed by atoms with Crippen LogP contribution in [0.3, 0.4) is 0 Å². The van der Waals surface area contributed by atoms with Gasteiger partial charge in [-0.05, 0) is 52.9 Å². The van der Waals surface area contributed by atoms with Crippen molar-refractivity contribution in [3.63, 3.8) is 0 Å². The molecule has 3 unspecified atom stereocenters. The van der Waals surface area contributed by atoms with Gasteiger partial charge in [0.25, 0.3) is 0 Å². The number of likely N-dealkylation sites (tertiary alicyclic amines) is 1. The number of carbonyl (C=O) groups excluding carboxylic acids is 2. The third kappa shape index (κ3) is 3.10. The third-order valence-corrected chi connectivity index (χ3v) is 4.16. The Morgan fingerprint density at radius 1 is 1.16 bits per heavy atom. The molecule has 1 aliphatic carbocycles. The first-order valence-corrected chi connectivity index (χ1v) is 7.31. The summed E-state index contributed by atoms with van der Waals surface area (Å²) in [4.78, 5) is 25.9. The molecule has 2 aliphatic rings. The Morgan fingerprint density at radius 2 is 1.79 bits per heavy atom. The molecule has 2 rings (SSSR count). The fourth-order valence-corrected chi connectivity index (χ4v) is 3.40. The van der Waals surface area contributed by atoms with Gasteiger partial charge in [-0.2, -0.15) is 0 Å². The molecule has 0 aromatic carbocycles. The Morgan fingerprint density at radius 3 is 2.37 bits per heavy atom. The Kier molecular flexibility index (Phi) is 3.88. The number of amides is 1. The zero-order valence-electron chi connectivity index (χ0n) is 12.4. The normalized spacial score (nSPS) is 30.9. The van der Waals surface area contributed by atoms with Crippen molar-refractivity contribution in [2.24, 2.45) is 5.92 Å². The second-order valence-electron chi connectivity index (χ2n) is 6.86. The number of hydrogen-bond donors (Lipinski definition) is 0. The predicted octanol–water partition coefficient (Wildman–Crippen LogP) is 3.14. The molecule has 4 nitrogen and oxygen atoms in total. The number of carbonyl (C=O) groups is 2. The average Bonchev–Trinajstić information content (AvgIpc) is 2.65. The van der Waals surface area contributed by atoms with E-state index in [-0.39, 0.29) is 24.0 Å². The molecule has 2 fully saturated rings. The summed E-state index contributed by atoms with van der Waals surface area (Å²) in [6.45, 7) is 7.17. The maximum atomic E-state index is 12.4. The van der Waals surface area contributed by atoms with E-state index in [4.69, 9.17) is 4.74 Å². The zero-order chi connectivity index (χ0) is 14.2. The first-order chi connectivity index (χ1) is 8.79.